The second-order valence-electron chi connectivity index (χ2n) is 11.0. The third-order valence-electron chi connectivity index (χ3n) is 6.34. The van der Waals surface area contributed by atoms with Crippen LogP contribution >= 0.6 is 11.8 Å². The van der Waals surface area contributed by atoms with Gasteiger partial charge in [0.25, 0.3) is 5.91 Å². The number of aliphatic hydroxyl groups excluding tert-OH is 1. The summed E-state index contributed by atoms with van der Waals surface area (Å²) in [5.74, 6) is -0.00136. The summed E-state index contributed by atoms with van der Waals surface area (Å²) in [5.41, 5.74) is 0.962. The minimum Gasteiger partial charge on any atom is -0.497 e. The van der Waals surface area contributed by atoms with Crippen LogP contribution in [0.3, 0.4) is 0 Å². The Bertz CT molecular complexity index is 1130. The van der Waals surface area contributed by atoms with Gasteiger partial charge in [0.1, 0.15) is 17.4 Å². The van der Waals surface area contributed by atoms with Crippen LogP contribution in [0.2, 0.25) is 0 Å². The summed E-state index contributed by atoms with van der Waals surface area (Å²) in [6, 6.07) is 14.8. The van der Waals surface area contributed by atoms with E-state index in [1.54, 1.807) is 27.9 Å². The second-order valence-corrected chi connectivity index (χ2v) is 12.6. The van der Waals surface area contributed by atoms with Crippen molar-refractivity contribution in [3.8, 4) is 5.75 Å². The van der Waals surface area contributed by atoms with Crippen molar-refractivity contribution in [2.75, 3.05) is 13.0 Å². The van der Waals surface area contributed by atoms with Crippen LogP contribution in [-0.4, -0.2) is 69.4 Å². The molecule has 1 aliphatic rings. The molecule has 3 amide bonds. The molecular weight excluding hydrogens is 518 g/mol. The van der Waals surface area contributed by atoms with Gasteiger partial charge in [-0.3, -0.25) is 9.59 Å². The molecule has 0 saturated carbocycles. The Hall–Kier alpha value is -3.24. The van der Waals surface area contributed by atoms with E-state index in [2.05, 4.69) is 10.6 Å². The van der Waals surface area contributed by atoms with Gasteiger partial charge >= 0.3 is 6.09 Å². The van der Waals surface area contributed by atoms with Gasteiger partial charge in [0.05, 0.1) is 19.0 Å². The largest absolute Gasteiger partial charge is 0.497 e. The van der Waals surface area contributed by atoms with Crippen LogP contribution in [0, 0.1) is 0 Å². The van der Waals surface area contributed by atoms with Crippen LogP contribution in [-0.2, 0) is 27.3 Å². The number of nitrogens with one attached hydrogen (secondary N) is 2. The van der Waals surface area contributed by atoms with E-state index < -0.39 is 40.5 Å². The maximum atomic E-state index is 13.7. The highest BCUT2D eigenvalue weighted by molar-refractivity contribution is 8.00. The Morgan fingerprint density at radius 2 is 1.72 bits per heavy atom. The molecule has 0 bridgehead atoms. The molecule has 0 radical (unpaired) electrons. The van der Waals surface area contributed by atoms with Gasteiger partial charge in [-0.05, 0) is 64.3 Å². The summed E-state index contributed by atoms with van der Waals surface area (Å²) in [5, 5.41) is 16.9. The Morgan fingerprint density at radius 3 is 2.31 bits per heavy atom. The van der Waals surface area contributed by atoms with Gasteiger partial charge < -0.3 is 30.1 Å². The number of alkyl carbamates (subject to hydrolysis) is 1. The summed E-state index contributed by atoms with van der Waals surface area (Å²) in [6.45, 7) is 9.28. The predicted molar refractivity (Wildman–Crippen MR) is 151 cm³/mol. The number of benzene rings is 2. The number of rotatable bonds is 9. The molecule has 2 aromatic rings. The first-order valence-electron chi connectivity index (χ1n) is 12.9. The van der Waals surface area contributed by atoms with Crippen LogP contribution in [0.15, 0.2) is 54.6 Å². The molecule has 3 N–H and O–H groups in total. The van der Waals surface area contributed by atoms with Gasteiger partial charge in [0.15, 0.2) is 6.10 Å². The zero-order chi connectivity index (χ0) is 28.8. The van der Waals surface area contributed by atoms with Gasteiger partial charge in [-0.25, -0.2) is 4.79 Å². The molecule has 39 heavy (non-hydrogen) atoms. The summed E-state index contributed by atoms with van der Waals surface area (Å²) in [6.07, 6.45) is -2.13. The number of ether oxygens (including phenoxy) is 2. The molecule has 10 heteroatoms. The van der Waals surface area contributed by atoms with E-state index in [4.69, 9.17) is 9.47 Å². The van der Waals surface area contributed by atoms with Crippen LogP contribution in [0.5, 0.6) is 5.75 Å². The summed E-state index contributed by atoms with van der Waals surface area (Å²) >= 11 is 1.46. The monoisotopic (exact) mass is 557 g/mol. The van der Waals surface area contributed by atoms with Crippen molar-refractivity contribution in [1.29, 1.82) is 0 Å². The Balaban J connectivity index is 1.77. The summed E-state index contributed by atoms with van der Waals surface area (Å²) in [7, 11) is 1.59. The molecule has 1 saturated heterocycles. The second kappa shape index (κ2) is 12.7. The number of methoxy groups -OCH3 is 1. The Kier molecular flexibility index (Phi) is 9.90. The fraction of sp³-hybridized carbons (Fsp3) is 0.483. The molecule has 0 spiro atoms. The lowest BCUT2D eigenvalue weighted by molar-refractivity contribution is -0.147. The van der Waals surface area contributed by atoms with Crippen molar-refractivity contribution in [3.63, 3.8) is 0 Å². The van der Waals surface area contributed by atoms with E-state index in [1.807, 2.05) is 68.4 Å². The maximum absolute atomic E-state index is 13.7. The zero-order valence-corrected chi connectivity index (χ0v) is 24.2. The number of carbonyl (C=O) groups excluding carboxylic acids is 3. The minimum absolute atomic E-state index is 0.200. The van der Waals surface area contributed by atoms with E-state index >= 15 is 0 Å². The van der Waals surface area contributed by atoms with Crippen molar-refractivity contribution >= 4 is 29.7 Å². The highest BCUT2D eigenvalue weighted by Gasteiger charge is 2.49. The van der Waals surface area contributed by atoms with Crippen LogP contribution in [0.25, 0.3) is 0 Å². The van der Waals surface area contributed by atoms with Crippen LogP contribution < -0.4 is 15.4 Å². The number of thioether (sulfide) groups is 1. The quantitative estimate of drug-likeness (QED) is 0.432. The van der Waals surface area contributed by atoms with Crippen LogP contribution in [0.4, 0.5) is 4.79 Å². The highest BCUT2D eigenvalue weighted by Crippen LogP contribution is 2.40. The van der Waals surface area contributed by atoms with Gasteiger partial charge in [-0.15, -0.1) is 11.8 Å². The molecule has 1 heterocycles. The number of hydrogen-bond donors (Lipinski definition) is 3. The van der Waals surface area contributed by atoms with E-state index in [0.29, 0.717) is 5.75 Å². The van der Waals surface area contributed by atoms with Gasteiger partial charge in [-0.2, -0.15) is 0 Å². The number of hydrogen-bond acceptors (Lipinski definition) is 7. The van der Waals surface area contributed by atoms with Crippen molar-refractivity contribution in [3.05, 3.63) is 65.7 Å². The molecule has 2 aromatic carbocycles. The minimum atomic E-state index is -1.59. The first-order chi connectivity index (χ1) is 18.3. The van der Waals surface area contributed by atoms with Gasteiger partial charge in [0, 0.05) is 11.3 Å². The van der Waals surface area contributed by atoms with Crippen molar-refractivity contribution in [1.82, 2.24) is 15.5 Å². The lowest BCUT2D eigenvalue weighted by atomic mass is 9.97. The molecule has 1 aliphatic heterocycles. The number of nitrogens with zero attached hydrogens (tertiary/aromatic N) is 1. The molecule has 0 aliphatic carbocycles. The zero-order valence-electron chi connectivity index (χ0n) is 23.4. The molecule has 3 atom stereocenters. The third kappa shape index (κ3) is 8.37. The van der Waals surface area contributed by atoms with Gasteiger partial charge in [0.2, 0.25) is 5.91 Å². The molecule has 3 rings (SSSR count). The third-order valence-corrected chi connectivity index (χ3v) is 7.71. The van der Waals surface area contributed by atoms with E-state index in [9.17, 15) is 19.5 Å². The first-order valence-corrected chi connectivity index (χ1v) is 13.9. The van der Waals surface area contributed by atoms with Crippen molar-refractivity contribution < 1.29 is 29.0 Å². The molecular formula is C29H39N3O6S. The number of carbonyl (C=O) groups is 3. The highest BCUT2D eigenvalue weighted by atomic mass is 32.2. The SMILES string of the molecule is COc1ccc(CNC(=O)C2N(C(=O)C(O)C(Cc3ccccc3)NC(=O)OC(C)(C)C)CSC2(C)C)cc1. The molecule has 1 fully saturated rings. The topological polar surface area (TPSA) is 117 Å². The molecule has 9 nitrogen and oxygen atoms in total. The summed E-state index contributed by atoms with van der Waals surface area (Å²) in [4.78, 5) is 41.0. The summed E-state index contributed by atoms with van der Waals surface area (Å²) < 4.78 is 9.97. The fourth-order valence-corrected chi connectivity index (χ4v) is 5.49. The van der Waals surface area contributed by atoms with Crippen molar-refractivity contribution in [2.24, 2.45) is 0 Å². The normalized spacial score (nSPS) is 18.1. The molecule has 212 valence electrons. The fourth-order valence-electron chi connectivity index (χ4n) is 4.35. The number of aliphatic hydroxyl groups is 1. The lowest BCUT2D eigenvalue weighted by Crippen LogP contribution is -2.58. The molecule has 3 unspecified atom stereocenters. The lowest BCUT2D eigenvalue weighted by Gasteiger charge is -2.33. The predicted octanol–water partition coefficient (Wildman–Crippen LogP) is 3.49. The van der Waals surface area contributed by atoms with E-state index in [1.165, 1.54) is 16.7 Å². The van der Waals surface area contributed by atoms with Crippen molar-refractivity contribution in [2.45, 2.75) is 76.1 Å². The van der Waals surface area contributed by atoms with E-state index in [0.717, 1.165) is 11.1 Å². The van der Waals surface area contributed by atoms with Gasteiger partial charge in [-0.1, -0.05) is 42.5 Å². The molecule has 0 aromatic heterocycles. The first kappa shape index (κ1) is 30.3. The Labute approximate surface area is 234 Å². The average Bonchev–Trinajstić information content (AvgIpc) is 3.20. The standard InChI is InChI=1S/C29H39N3O6S/c1-28(2,3)38-27(36)31-22(16-19-10-8-7-9-11-19)23(33)26(35)32-18-39-29(4,5)24(32)25(34)30-17-20-12-14-21(37-6)15-13-20/h7-15,22-24,33H,16-18H2,1-6H3,(H,30,34)(H,31,36). The van der Waals surface area contributed by atoms with Crippen LogP contribution in [0.1, 0.15) is 45.7 Å². The van der Waals surface area contributed by atoms with E-state index in [-0.39, 0.29) is 24.7 Å². The maximum Gasteiger partial charge on any atom is 0.407 e. The Morgan fingerprint density at radius 1 is 1.08 bits per heavy atom. The number of amides is 3. The smallest absolute Gasteiger partial charge is 0.407 e. The average molecular weight is 558 g/mol.